The van der Waals surface area contributed by atoms with Crippen LogP contribution in [0.2, 0.25) is 0 Å². The van der Waals surface area contributed by atoms with Crippen LogP contribution in [0.15, 0.2) is 18.2 Å². The molecule has 12 heavy (non-hydrogen) atoms. The number of carbonyl (C=O) groups is 1. The normalized spacial score (nSPS) is 9.17. The molecule has 0 saturated carbocycles. The van der Waals surface area contributed by atoms with Crippen molar-refractivity contribution in [2.75, 3.05) is 12.4 Å². The maximum absolute atomic E-state index is 10.7. The molecule has 0 aliphatic carbocycles. The van der Waals surface area contributed by atoms with Gasteiger partial charge in [-0.15, -0.1) is 0 Å². The van der Waals surface area contributed by atoms with E-state index in [1.54, 1.807) is 18.2 Å². The first-order valence-electron chi connectivity index (χ1n) is 3.56. The fraction of sp³-hybridized carbons (Fsp3) is 0.222. The number of hydrogen-bond acceptors (Lipinski definition) is 2. The van der Waals surface area contributed by atoms with Crippen molar-refractivity contribution in [2.45, 2.75) is 6.92 Å². The average Bonchev–Trinajstić information content (AvgIpc) is 2.04. The molecule has 3 nitrogen and oxygen atoms in total. The molecule has 0 saturated heterocycles. The number of rotatable bonds is 2. The maximum Gasteiger partial charge on any atom is 0.221 e. The Labute approximate surface area is 71.4 Å². The zero-order valence-corrected chi connectivity index (χ0v) is 7.05. The van der Waals surface area contributed by atoms with E-state index in [1.807, 2.05) is 0 Å². The van der Waals surface area contributed by atoms with Crippen molar-refractivity contribution < 1.29 is 9.53 Å². The van der Waals surface area contributed by atoms with Crippen LogP contribution in [0.4, 0.5) is 5.69 Å². The lowest BCUT2D eigenvalue weighted by Crippen LogP contribution is -2.06. The van der Waals surface area contributed by atoms with Crippen LogP contribution in [-0.2, 0) is 4.79 Å². The van der Waals surface area contributed by atoms with Crippen LogP contribution in [0.25, 0.3) is 0 Å². The number of anilines is 1. The molecule has 0 aromatic heterocycles. The molecule has 1 N–H and O–H groups in total. The molecule has 0 aliphatic rings. The summed E-state index contributed by atoms with van der Waals surface area (Å²) in [6, 6.07) is 8.13. The van der Waals surface area contributed by atoms with E-state index in [4.69, 9.17) is 4.74 Å². The molecule has 3 heteroatoms. The largest absolute Gasteiger partial charge is 0.494 e. The van der Waals surface area contributed by atoms with Crippen molar-refractivity contribution >= 4 is 11.6 Å². The predicted octanol–water partition coefficient (Wildman–Crippen LogP) is 1.45. The monoisotopic (exact) mass is 164 g/mol. The summed E-state index contributed by atoms with van der Waals surface area (Å²) in [5.74, 6) is 0.431. The molecule has 0 spiro atoms. The molecule has 0 heterocycles. The standard InChI is InChI=1S/C9H10NO2/c1-7(11)10-8-5-3-4-6-9(8)12-2/h3-5H,1-2H3,(H,10,11). The molecule has 1 radical (unpaired) electrons. The van der Waals surface area contributed by atoms with Gasteiger partial charge in [-0.2, -0.15) is 0 Å². The summed E-state index contributed by atoms with van der Waals surface area (Å²) in [4.78, 5) is 10.7. The third-order valence-corrected chi connectivity index (χ3v) is 1.33. The van der Waals surface area contributed by atoms with E-state index in [1.165, 1.54) is 14.0 Å². The Hall–Kier alpha value is -1.51. The fourth-order valence-corrected chi connectivity index (χ4v) is 0.879. The van der Waals surface area contributed by atoms with Gasteiger partial charge in [0.1, 0.15) is 5.75 Å². The third kappa shape index (κ3) is 1.99. The van der Waals surface area contributed by atoms with Gasteiger partial charge in [0.15, 0.2) is 0 Å². The Morgan fingerprint density at radius 2 is 2.42 bits per heavy atom. The first-order valence-corrected chi connectivity index (χ1v) is 3.56. The molecule has 1 rings (SSSR count). The number of methoxy groups -OCH3 is 1. The molecule has 0 bridgehead atoms. The van der Waals surface area contributed by atoms with E-state index in [0.29, 0.717) is 11.4 Å². The highest BCUT2D eigenvalue weighted by molar-refractivity contribution is 5.90. The number of nitrogens with one attached hydrogen (secondary N) is 1. The fourth-order valence-electron chi connectivity index (χ4n) is 0.879. The highest BCUT2D eigenvalue weighted by Gasteiger charge is 2.01. The van der Waals surface area contributed by atoms with E-state index in [9.17, 15) is 4.79 Å². The highest BCUT2D eigenvalue weighted by Crippen LogP contribution is 2.21. The van der Waals surface area contributed by atoms with Gasteiger partial charge in [0, 0.05) is 13.0 Å². The summed E-state index contributed by atoms with van der Waals surface area (Å²) in [6.45, 7) is 1.45. The summed E-state index contributed by atoms with van der Waals surface area (Å²) in [5.41, 5.74) is 0.646. The zero-order valence-electron chi connectivity index (χ0n) is 7.05. The van der Waals surface area contributed by atoms with Gasteiger partial charge >= 0.3 is 0 Å². The lowest BCUT2D eigenvalue weighted by Gasteiger charge is -2.06. The van der Waals surface area contributed by atoms with Crippen LogP contribution in [0.5, 0.6) is 5.75 Å². The van der Waals surface area contributed by atoms with E-state index in [-0.39, 0.29) is 5.91 Å². The van der Waals surface area contributed by atoms with Crippen LogP contribution in [-0.4, -0.2) is 13.0 Å². The molecule has 0 aliphatic heterocycles. The van der Waals surface area contributed by atoms with Gasteiger partial charge in [-0.05, 0) is 6.07 Å². The predicted molar refractivity (Wildman–Crippen MR) is 46.1 cm³/mol. The summed E-state index contributed by atoms with van der Waals surface area (Å²) in [7, 11) is 1.54. The van der Waals surface area contributed by atoms with Crippen molar-refractivity contribution in [1.29, 1.82) is 0 Å². The Balaban J connectivity index is 2.89. The molecule has 0 fully saturated rings. The molecule has 63 valence electrons. The van der Waals surface area contributed by atoms with E-state index in [2.05, 4.69) is 11.4 Å². The van der Waals surface area contributed by atoms with Crippen LogP contribution in [0.1, 0.15) is 6.92 Å². The quantitative estimate of drug-likeness (QED) is 0.718. The summed E-state index contributed by atoms with van der Waals surface area (Å²) >= 11 is 0. The second-order valence-corrected chi connectivity index (χ2v) is 2.30. The minimum atomic E-state index is -0.118. The molecule has 0 unspecified atom stereocenters. The number of carbonyl (C=O) groups excluding carboxylic acids is 1. The third-order valence-electron chi connectivity index (χ3n) is 1.33. The molecule has 1 aromatic rings. The average molecular weight is 164 g/mol. The molecular weight excluding hydrogens is 154 g/mol. The van der Waals surface area contributed by atoms with Gasteiger partial charge in [0.25, 0.3) is 0 Å². The SMILES string of the molecule is COc1[c]cccc1NC(C)=O. The molecule has 0 atom stereocenters. The smallest absolute Gasteiger partial charge is 0.221 e. The number of hydrogen-bond donors (Lipinski definition) is 1. The number of amides is 1. The Bertz CT molecular complexity index is 284. The minimum absolute atomic E-state index is 0.118. The topological polar surface area (TPSA) is 38.3 Å². The van der Waals surface area contributed by atoms with Crippen molar-refractivity contribution in [3.63, 3.8) is 0 Å². The van der Waals surface area contributed by atoms with Gasteiger partial charge in [0.05, 0.1) is 12.8 Å². The summed E-state index contributed by atoms with van der Waals surface area (Å²) in [6.07, 6.45) is 0. The van der Waals surface area contributed by atoms with E-state index in [0.717, 1.165) is 0 Å². The molecule has 1 amide bonds. The second kappa shape index (κ2) is 3.76. The van der Waals surface area contributed by atoms with Gasteiger partial charge in [0.2, 0.25) is 5.91 Å². The van der Waals surface area contributed by atoms with E-state index >= 15 is 0 Å². The lowest BCUT2D eigenvalue weighted by molar-refractivity contribution is -0.114. The van der Waals surface area contributed by atoms with Gasteiger partial charge < -0.3 is 10.1 Å². The number of para-hydroxylation sites is 1. The van der Waals surface area contributed by atoms with Crippen LogP contribution in [0.3, 0.4) is 0 Å². The van der Waals surface area contributed by atoms with Crippen molar-refractivity contribution in [1.82, 2.24) is 0 Å². The summed E-state index contributed by atoms with van der Waals surface area (Å²) in [5, 5.41) is 2.63. The Kier molecular flexibility index (Phi) is 2.69. The molecular formula is C9H10NO2. The van der Waals surface area contributed by atoms with E-state index < -0.39 is 0 Å². The van der Waals surface area contributed by atoms with Gasteiger partial charge in [-0.1, -0.05) is 12.1 Å². The zero-order chi connectivity index (χ0) is 8.97. The highest BCUT2D eigenvalue weighted by atomic mass is 16.5. The summed E-state index contributed by atoms with van der Waals surface area (Å²) < 4.78 is 4.98. The van der Waals surface area contributed by atoms with Crippen LogP contribution in [0, 0.1) is 6.07 Å². The second-order valence-electron chi connectivity index (χ2n) is 2.30. The Morgan fingerprint density at radius 1 is 1.67 bits per heavy atom. The first kappa shape index (κ1) is 8.59. The van der Waals surface area contributed by atoms with Crippen molar-refractivity contribution in [3.8, 4) is 5.75 Å². The van der Waals surface area contributed by atoms with Crippen LogP contribution >= 0.6 is 0 Å². The van der Waals surface area contributed by atoms with Crippen molar-refractivity contribution in [2.24, 2.45) is 0 Å². The van der Waals surface area contributed by atoms with Crippen molar-refractivity contribution in [3.05, 3.63) is 24.3 Å². The van der Waals surface area contributed by atoms with Crippen LogP contribution < -0.4 is 10.1 Å². The Morgan fingerprint density at radius 3 is 3.00 bits per heavy atom. The number of benzene rings is 1. The van der Waals surface area contributed by atoms with Gasteiger partial charge in [-0.3, -0.25) is 4.79 Å². The molecule has 1 aromatic carbocycles. The lowest BCUT2D eigenvalue weighted by atomic mass is 10.3. The first-order chi connectivity index (χ1) is 5.74. The maximum atomic E-state index is 10.7. The number of ether oxygens (including phenoxy) is 1. The minimum Gasteiger partial charge on any atom is -0.494 e. The van der Waals surface area contributed by atoms with Gasteiger partial charge in [-0.25, -0.2) is 0 Å².